The van der Waals surface area contributed by atoms with Gasteiger partial charge in [0, 0.05) is 19.0 Å². The van der Waals surface area contributed by atoms with Gasteiger partial charge in [-0.1, -0.05) is 30.3 Å². The van der Waals surface area contributed by atoms with Crippen molar-refractivity contribution in [3.63, 3.8) is 0 Å². The zero-order chi connectivity index (χ0) is 22.9. The molecule has 1 aliphatic heterocycles. The molecule has 0 bridgehead atoms. The Morgan fingerprint density at radius 3 is 2.55 bits per heavy atom. The minimum absolute atomic E-state index is 0.0109. The van der Waals surface area contributed by atoms with Crippen molar-refractivity contribution in [3.8, 4) is 0 Å². The van der Waals surface area contributed by atoms with E-state index < -0.39 is 0 Å². The normalized spacial score (nSPS) is 14.8. The summed E-state index contributed by atoms with van der Waals surface area (Å²) in [6.07, 6.45) is 4.29. The van der Waals surface area contributed by atoms with Crippen molar-refractivity contribution in [2.45, 2.75) is 25.8 Å². The quantitative estimate of drug-likeness (QED) is 0.472. The van der Waals surface area contributed by atoms with Crippen LogP contribution in [0.15, 0.2) is 65.8 Å². The lowest BCUT2D eigenvalue weighted by Gasteiger charge is -2.31. The fraction of sp³-hybridized carbons (Fsp3) is 0.280. The Morgan fingerprint density at radius 1 is 1.03 bits per heavy atom. The summed E-state index contributed by atoms with van der Waals surface area (Å²) in [5.74, 6) is -0.791. The van der Waals surface area contributed by atoms with Crippen molar-refractivity contribution < 1.29 is 14.0 Å². The Labute approximate surface area is 189 Å². The number of nitrogens with zero attached hydrogens (tertiary/aromatic N) is 4. The SMILES string of the molecule is O=C(Cn1c(=O)c2ccccc2n2cncc12)C1CCN(C(=O)Cc2ccccc2F)CC1. The summed E-state index contributed by atoms with van der Waals surface area (Å²) in [6.45, 7) is 0.851. The molecule has 0 unspecified atom stereocenters. The van der Waals surface area contributed by atoms with Gasteiger partial charge in [0.1, 0.15) is 17.8 Å². The lowest BCUT2D eigenvalue weighted by atomic mass is 9.92. The standard InChI is InChI=1S/C25H23FN4O3/c26-20-7-3-1-5-18(20)13-24(32)28-11-9-17(10-12-28)22(31)15-29-23-14-27-16-30(23)21-8-4-2-6-19(21)25(29)33/h1-8,14,16-17H,9-13,15H2. The molecule has 3 heterocycles. The van der Waals surface area contributed by atoms with Gasteiger partial charge in [0.2, 0.25) is 5.91 Å². The predicted molar refractivity (Wildman–Crippen MR) is 121 cm³/mol. The number of piperidine rings is 1. The van der Waals surface area contributed by atoms with Crippen molar-refractivity contribution in [2.75, 3.05) is 13.1 Å². The number of para-hydroxylation sites is 1. The molecular weight excluding hydrogens is 423 g/mol. The highest BCUT2D eigenvalue weighted by Crippen LogP contribution is 2.21. The number of aromatic nitrogens is 3. The number of imidazole rings is 1. The number of ketones is 1. The smallest absolute Gasteiger partial charge is 0.261 e. The van der Waals surface area contributed by atoms with E-state index in [0.717, 1.165) is 5.52 Å². The van der Waals surface area contributed by atoms with E-state index in [-0.39, 0.29) is 42.0 Å². The highest BCUT2D eigenvalue weighted by Gasteiger charge is 2.28. The first kappa shape index (κ1) is 21.1. The van der Waals surface area contributed by atoms with E-state index in [2.05, 4.69) is 4.98 Å². The van der Waals surface area contributed by atoms with Gasteiger partial charge in [0.05, 0.1) is 30.1 Å². The number of fused-ring (bicyclic) bond motifs is 3. The van der Waals surface area contributed by atoms with E-state index in [1.165, 1.54) is 10.6 Å². The zero-order valence-corrected chi connectivity index (χ0v) is 18.0. The molecule has 8 heteroatoms. The van der Waals surface area contributed by atoms with Crippen LogP contribution in [0.3, 0.4) is 0 Å². The molecule has 0 atom stereocenters. The molecule has 7 nitrogen and oxygen atoms in total. The second kappa shape index (κ2) is 8.61. The maximum absolute atomic E-state index is 13.9. The zero-order valence-electron chi connectivity index (χ0n) is 18.0. The molecule has 4 aromatic rings. The Bertz CT molecular complexity index is 1420. The van der Waals surface area contributed by atoms with Crippen molar-refractivity contribution >= 4 is 28.2 Å². The van der Waals surface area contributed by atoms with Crippen LogP contribution in [0.1, 0.15) is 18.4 Å². The fourth-order valence-corrected chi connectivity index (χ4v) is 4.59. The van der Waals surface area contributed by atoms with Crippen LogP contribution in [0.2, 0.25) is 0 Å². The first-order valence-electron chi connectivity index (χ1n) is 11.0. The highest BCUT2D eigenvalue weighted by molar-refractivity contribution is 5.85. The second-order valence-corrected chi connectivity index (χ2v) is 8.42. The van der Waals surface area contributed by atoms with Crippen molar-refractivity contribution in [1.82, 2.24) is 18.9 Å². The number of rotatable bonds is 5. The van der Waals surface area contributed by atoms with E-state index in [0.29, 0.717) is 42.5 Å². The van der Waals surface area contributed by atoms with Gasteiger partial charge in [0.25, 0.3) is 5.56 Å². The first-order valence-corrected chi connectivity index (χ1v) is 11.0. The average molecular weight is 446 g/mol. The number of carbonyl (C=O) groups excluding carboxylic acids is 2. The molecule has 2 aromatic carbocycles. The Morgan fingerprint density at radius 2 is 1.76 bits per heavy atom. The van der Waals surface area contributed by atoms with Crippen molar-refractivity contribution in [2.24, 2.45) is 5.92 Å². The maximum atomic E-state index is 13.9. The number of carbonyl (C=O) groups is 2. The molecule has 1 amide bonds. The van der Waals surface area contributed by atoms with Crippen molar-refractivity contribution in [3.05, 3.63) is 82.8 Å². The number of Topliss-reactive ketones (excluding diaryl/α,β-unsaturated/α-hetero) is 1. The van der Waals surface area contributed by atoms with Crippen molar-refractivity contribution in [1.29, 1.82) is 0 Å². The van der Waals surface area contributed by atoms with E-state index in [9.17, 15) is 18.8 Å². The third-order valence-electron chi connectivity index (χ3n) is 6.45. The molecule has 5 rings (SSSR count). The maximum Gasteiger partial charge on any atom is 0.261 e. The van der Waals surface area contributed by atoms with Crippen LogP contribution >= 0.6 is 0 Å². The fourth-order valence-electron chi connectivity index (χ4n) is 4.59. The third kappa shape index (κ3) is 3.92. The van der Waals surface area contributed by atoms with Crippen LogP contribution in [0.4, 0.5) is 4.39 Å². The topological polar surface area (TPSA) is 76.7 Å². The predicted octanol–water partition coefficient (Wildman–Crippen LogP) is 2.84. The van der Waals surface area contributed by atoms with Crippen LogP contribution in [0, 0.1) is 11.7 Å². The third-order valence-corrected chi connectivity index (χ3v) is 6.45. The molecule has 0 saturated carbocycles. The van der Waals surface area contributed by atoms with Gasteiger partial charge < -0.3 is 4.90 Å². The highest BCUT2D eigenvalue weighted by atomic mass is 19.1. The van der Waals surface area contributed by atoms with E-state index in [1.807, 2.05) is 16.5 Å². The molecule has 1 fully saturated rings. The minimum atomic E-state index is -0.386. The van der Waals surface area contributed by atoms with Crippen LogP contribution in [0.5, 0.6) is 0 Å². The monoisotopic (exact) mass is 446 g/mol. The Balaban J connectivity index is 1.28. The van der Waals surface area contributed by atoms with Crippen LogP contribution in [0.25, 0.3) is 16.6 Å². The van der Waals surface area contributed by atoms with Gasteiger partial charge in [-0.2, -0.15) is 0 Å². The molecule has 1 aliphatic rings. The summed E-state index contributed by atoms with van der Waals surface area (Å²) in [7, 11) is 0. The molecule has 0 N–H and O–H groups in total. The Hall–Kier alpha value is -3.81. The molecule has 0 aliphatic carbocycles. The van der Waals surface area contributed by atoms with Gasteiger partial charge in [0.15, 0.2) is 5.78 Å². The lowest BCUT2D eigenvalue weighted by molar-refractivity contribution is -0.134. The second-order valence-electron chi connectivity index (χ2n) is 8.42. The lowest BCUT2D eigenvalue weighted by Crippen LogP contribution is -2.42. The van der Waals surface area contributed by atoms with Gasteiger partial charge >= 0.3 is 0 Å². The van der Waals surface area contributed by atoms with Crippen LogP contribution in [-0.4, -0.2) is 43.6 Å². The van der Waals surface area contributed by atoms with Gasteiger partial charge in [-0.15, -0.1) is 0 Å². The first-order chi connectivity index (χ1) is 16.0. The van der Waals surface area contributed by atoms with Gasteiger partial charge in [-0.05, 0) is 36.6 Å². The summed E-state index contributed by atoms with van der Waals surface area (Å²) in [5, 5.41) is 0.532. The van der Waals surface area contributed by atoms with Crippen LogP contribution in [-0.2, 0) is 22.6 Å². The summed E-state index contributed by atoms with van der Waals surface area (Å²) in [6, 6.07) is 13.5. The number of hydrogen-bond donors (Lipinski definition) is 0. The summed E-state index contributed by atoms with van der Waals surface area (Å²) >= 11 is 0. The number of halogens is 1. The number of likely N-dealkylation sites (tertiary alicyclic amines) is 1. The molecule has 33 heavy (non-hydrogen) atoms. The summed E-state index contributed by atoms with van der Waals surface area (Å²) < 4.78 is 17.2. The van der Waals surface area contributed by atoms with Gasteiger partial charge in [-0.25, -0.2) is 9.37 Å². The minimum Gasteiger partial charge on any atom is -0.342 e. The molecule has 1 saturated heterocycles. The summed E-state index contributed by atoms with van der Waals surface area (Å²) in [4.78, 5) is 44.6. The number of amides is 1. The Kier molecular flexibility index (Phi) is 5.50. The number of benzene rings is 2. The van der Waals surface area contributed by atoms with E-state index in [4.69, 9.17) is 0 Å². The molecule has 2 aromatic heterocycles. The van der Waals surface area contributed by atoms with Crippen LogP contribution < -0.4 is 5.56 Å². The van der Waals surface area contributed by atoms with E-state index >= 15 is 0 Å². The summed E-state index contributed by atoms with van der Waals surface area (Å²) in [5.41, 5.74) is 1.48. The molecule has 168 valence electrons. The van der Waals surface area contributed by atoms with E-state index in [1.54, 1.807) is 47.8 Å². The molecule has 0 radical (unpaired) electrons. The average Bonchev–Trinajstić information content (AvgIpc) is 3.33. The molecule has 0 spiro atoms. The number of hydrogen-bond acceptors (Lipinski definition) is 4. The molecular formula is C25H23FN4O3. The van der Waals surface area contributed by atoms with Gasteiger partial charge in [-0.3, -0.25) is 23.4 Å². The largest absolute Gasteiger partial charge is 0.342 e.